The summed E-state index contributed by atoms with van der Waals surface area (Å²) in [6.45, 7) is 9.28. The largest absolute Gasteiger partial charge is 0.494 e. The summed E-state index contributed by atoms with van der Waals surface area (Å²) in [6.07, 6.45) is 2.69. The summed E-state index contributed by atoms with van der Waals surface area (Å²) < 4.78 is 10.8. The van der Waals surface area contributed by atoms with Crippen LogP contribution in [0.1, 0.15) is 65.3 Å². The highest BCUT2D eigenvalue weighted by molar-refractivity contribution is 7.17. The van der Waals surface area contributed by atoms with Crippen LogP contribution < -0.4 is 10.1 Å². The van der Waals surface area contributed by atoms with Gasteiger partial charge >= 0.3 is 5.97 Å². The first-order valence-electron chi connectivity index (χ1n) is 13.4. The predicted molar refractivity (Wildman–Crippen MR) is 157 cm³/mol. The number of carbonyl (C=O) groups excluding carboxylic acids is 2. The highest BCUT2D eigenvalue weighted by atomic mass is 32.1. The number of para-hydroxylation sites is 1. The van der Waals surface area contributed by atoms with Gasteiger partial charge < -0.3 is 14.8 Å². The van der Waals surface area contributed by atoms with Crippen LogP contribution in [0.5, 0.6) is 5.75 Å². The fourth-order valence-electron chi connectivity index (χ4n) is 5.32. The molecule has 6 nitrogen and oxygen atoms in total. The van der Waals surface area contributed by atoms with Gasteiger partial charge in [-0.3, -0.25) is 4.79 Å². The number of anilines is 1. The average molecular weight is 543 g/mol. The number of hydrogen-bond donors (Lipinski definition) is 1. The van der Waals surface area contributed by atoms with Crippen LogP contribution in [0.4, 0.5) is 5.00 Å². The Hall–Kier alpha value is -3.71. The fourth-order valence-corrected chi connectivity index (χ4v) is 6.64. The Morgan fingerprint density at radius 2 is 1.90 bits per heavy atom. The van der Waals surface area contributed by atoms with Crippen molar-refractivity contribution in [3.8, 4) is 17.0 Å². The second kappa shape index (κ2) is 10.8. The molecule has 0 aliphatic heterocycles. The maximum absolute atomic E-state index is 13.9. The molecule has 0 fully saturated rings. The average Bonchev–Trinajstić information content (AvgIpc) is 3.28. The number of fused-ring (bicyclic) bond motifs is 2. The minimum atomic E-state index is -0.412. The van der Waals surface area contributed by atoms with E-state index < -0.39 is 5.97 Å². The van der Waals surface area contributed by atoms with Gasteiger partial charge in [0.15, 0.2) is 0 Å². The van der Waals surface area contributed by atoms with Crippen molar-refractivity contribution < 1.29 is 19.1 Å². The van der Waals surface area contributed by atoms with Gasteiger partial charge in [0.1, 0.15) is 10.8 Å². The van der Waals surface area contributed by atoms with Crippen LogP contribution in [0, 0.1) is 11.3 Å². The zero-order chi connectivity index (χ0) is 27.7. The lowest BCUT2D eigenvalue weighted by Crippen LogP contribution is -2.26. The van der Waals surface area contributed by atoms with Crippen molar-refractivity contribution in [1.29, 1.82) is 0 Å². The van der Waals surface area contributed by atoms with Crippen LogP contribution in [0.15, 0.2) is 54.6 Å². The summed E-state index contributed by atoms with van der Waals surface area (Å²) in [5.41, 5.74) is 4.41. The maximum Gasteiger partial charge on any atom is 0.341 e. The number of esters is 1. The molecular formula is C32H34N2O4S. The molecule has 2 aromatic heterocycles. The monoisotopic (exact) mass is 542 g/mol. The lowest BCUT2D eigenvalue weighted by Gasteiger charge is -2.33. The molecule has 4 aromatic rings. The molecule has 1 unspecified atom stereocenters. The van der Waals surface area contributed by atoms with E-state index in [1.165, 1.54) is 18.4 Å². The van der Waals surface area contributed by atoms with Crippen molar-refractivity contribution in [2.45, 2.75) is 47.0 Å². The number of rotatable bonds is 6. The number of hydrogen-bond acceptors (Lipinski definition) is 6. The van der Waals surface area contributed by atoms with E-state index >= 15 is 0 Å². The summed E-state index contributed by atoms with van der Waals surface area (Å²) in [5.74, 6) is 0.560. The molecule has 7 heteroatoms. The minimum absolute atomic E-state index is 0.169. The van der Waals surface area contributed by atoms with E-state index in [2.05, 4.69) is 26.1 Å². The second-order valence-corrected chi connectivity index (χ2v) is 12.1. The molecule has 1 atom stereocenters. The van der Waals surface area contributed by atoms with E-state index in [-0.39, 0.29) is 11.3 Å². The molecule has 1 aliphatic carbocycles. The molecule has 0 spiro atoms. The Balaban J connectivity index is 1.55. The van der Waals surface area contributed by atoms with Crippen LogP contribution >= 0.6 is 11.3 Å². The predicted octanol–water partition coefficient (Wildman–Crippen LogP) is 7.55. The number of pyridine rings is 1. The molecule has 1 amide bonds. The molecule has 0 radical (unpaired) electrons. The van der Waals surface area contributed by atoms with Crippen LogP contribution in [-0.2, 0) is 17.6 Å². The van der Waals surface area contributed by atoms with Crippen molar-refractivity contribution in [2.24, 2.45) is 11.3 Å². The number of benzene rings is 2. The van der Waals surface area contributed by atoms with Gasteiger partial charge in [-0.1, -0.05) is 51.1 Å². The molecule has 5 rings (SSSR count). The molecular weight excluding hydrogens is 508 g/mol. The van der Waals surface area contributed by atoms with Gasteiger partial charge in [-0.2, -0.15) is 0 Å². The Morgan fingerprint density at radius 3 is 2.64 bits per heavy atom. The third kappa shape index (κ3) is 5.41. The van der Waals surface area contributed by atoms with Crippen molar-refractivity contribution in [2.75, 3.05) is 19.0 Å². The first-order chi connectivity index (χ1) is 18.7. The van der Waals surface area contributed by atoms with Gasteiger partial charge in [-0.05, 0) is 67.3 Å². The van der Waals surface area contributed by atoms with E-state index in [0.29, 0.717) is 39.9 Å². The number of aromatic nitrogens is 1. The van der Waals surface area contributed by atoms with Crippen molar-refractivity contribution in [1.82, 2.24) is 4.98 Å². The summed E-state index contributed by atoms with van der Waals surface area (Å²) in [6, 6.07) is 17.1. The van der Waals surface area contributed by atoms with Crippen molar-refractivity contribution in [3.05, 3.63) is 76.2 Å². The normalized spacial score (nSPS) is 15.1. The molecule has 0 saturated heterocycles. The smallest absolute Gasteiger partial charge is 0.341 e. The number of carbonyl (C=O) groups is 2. The molecule has 0 bridgehead atoms. The number of thiophene rings is 1. The van der Waals surface area contributed by atoms with Gasteiger partial charge in [0.2, 0.25) is 0 Å². The molecule has 2 aromatic carbocycles. The standard InChI is InChI=1S/C32H34N2O4S/c1-6-38-21-11-9-10-19(16-21)26-18-24(22-12-7-8-13-25(22)33-26)29(35)34-30-28(31(36)37-5)23-15-14-20(32(2,3)4)17-27(23)39-30/h7-13,16,18,20H,6,14-15,17H2,1-5H3,(H,34,35). The first kappa shape index (κ1) is 26.9. The van der Waals surface area contributed by atoms with E-state index in [0.717, 1.165) is 46.4 Å². The third-order valence-electron chi connectivity index (χ3n) is 7.51. The molecule has 1 aliphatic rings. The topological polar surface area (TPSA) is 77.5 Å². The van der Waals surface area contributed by atoms with Crippen LogP contribution in [0.3, 0.4) is 0 Å². The van der Waals surface area contributed by atoms with Crippen LogP contribution in [0.2, 0.25) is 0 Å². The SMILES string of the molecule is CCOc1cccc(-c2cc(C(=O)Nc3sc4c(c3C(=O)OC)CCC(C(C)(C)C)C4)c3ccccc3n2)c1. The highest BCUT2D eigenvalue weighted by Gasteiger charge is 2.34. The van der Waals surface area contributed by atoms with Crippen molar-refractivity contribution in [3.63, 3.8) is 0 Å². The quantitative estimate of drug-likeness (QED) is 0.255. The van der Waals surface area contributed by atoms with Crippen LogP contribution in [0.25, 0.3) is 22.2 Å². The van der Waals surface area contributed by atoms with E-state index in [4.69, 9.17) is 14.5 Å². The molecule has 2 heterocycles. The zero-order valence-corrected chi connectivity index (χ0v) is 23.9. The Bertz CT molecular complexity index is 1550. The molecule has 1 N–H and O–H groups in total. The fraction of sp³-hybridized carbons (Fsp3) is 0.344. The lowest BCUT2D eigenvalue weighted by molar-refractivity contribution is 0.0600. The number of methoxy groups -OCH3 is 1. The van der Waals surface area contributed by atoms with Gasteiger partial charge in [0.25, 0.3) is 5.91 Å². The van der Waals surface area contributed by atoms with Gasteiger partial charge in [0.05, 0.1) is 36.1 Å². The zero-order valence-electron chi connectivity index (χ0n) is 23.1. The van der Waals surface area contributed by atoms with E-state index in [1.807, 2.05) is 61.5 Å². The minimum Gasteiger partial charge on any atom is -0.494 e. The number of amides is 1. The number of nitrogens with zero attached hydrogens (tertiary/aromatic N) is 1. The van der Waals surface area contributed by atoms with Gasteiger partial charge in [-0.25, -0.2) is 9.78 Å². The summed E-state index contributed by atoms with van der Waals surface area (Å²) in [5, 5.41) is 4.37. The Kier molecular flexibility index (Phi) is 7.45. The second-order valence-electron chi connectivity index (χ2n) is 11.0. The number of ether oxygens (including phenoxy) is 2. The van der Waals surface area contributed by atoms with E-state index in [1.54, 1.807) is 0 Å². The summed E-state index contributed by atoms with van der Waals surface area (Å²) in [4.78, 5) is 32.8. The molecule has 39 heavy (non-hydrogen) atoms. The number of nitrogens with one attached hydrogen (secondary N) is 1. The molecule has 0 saturated carbocycles. The van der Waals surface area contributed by atoms with Gasteiger partial charge in [-0.15, -0.1) is 11.3 Å². The van der Waals surface area contributed by atoms with Crippen LogP contribution in [-0.4, -0.2) is 30.6 Å². The highest BCUT2D eigenvalue weighted by Crippen LogP contribution is 2.44. The van der Waals surface area contributed by atoms with Crippen molar-refractivity contribution >= 4 is 39.1 Å². The summed E-state index contributed by atoms with van der Waals surface area (Å²) in [7, 11) is 1.39. The lowest BCUT2D eigenvalue weighted by atomic mass is 9.72. The van der Waals surface area contributed by atoms with E-state index in [9.17, 15) is 9.59 Å². The Morgan fingerprint density at radius 1 is 1.10 bits per heavy atom. The maximum atomic E-state index is 13.9. The summed E-state index contributed by atoms with van der Waals surface area (Å²) >= 11 is 1.50. The first-order valence-corrected chi connectivity index (χ1v) is 14.2. The molecule has 202 valence electrons. The third-order valence-corrected chi connectivity index (χ3v) is 8.68. The van der Waals surface area contributed by atoms with Gasteiger partial charge in [0, 0.05) is 15.8 Å². The Labute approximate surface area is 233 Å².